The van der Waals surface area contributed by atoms with Crippen LogP contribution in [0.1, 0.15) is 32.1 Å². The summed E-state index contributed by atoms with van der Waals surface area (Å²) in [7, 11) is 3.21. The number of hydrogen-bond acceptors (Lipinski definition) is 6. The predicted molar refractivity (Wildman–Crippen MR) is 111 cm³/mol. The lowest BCUT2D eigenvalue weighted by molar-refractivity contribution is -0.129. The zero-order chi connectivity index (χ0) is 20.4. The molecule has 2 aliphatic rings. The van der Waals surface area contributed by atoms with Crippen molar-refractivity contribution in [3.8, 4) is 22.8 Å². The van der Waals surface area contributed by atoms with Crippen molar-refractivity contribution in [2.45, 2.75) is 38.1 Å². The van der Waals surface area contributed by atoms with E-state index in [9.17, 15) is 9.59 Å². The van der Waals surface area contributed by atoms with Crippen molar-refractivity contribution in [3.63, 3.8) is 0 Å². The van der Waals surface area contributed by atoms with Gasteiger partial charge in [-0.15, -0.1) is 11.3 Å². The lowest BCUT2D eigenvalue weighted by Gasteiger charge is -2.23. The number of benzene rings is 1. The number of methoxy groups -OCH3 is 2. The van der Waals surface area contributed by atoms with Gasteiger partial charge in [0.1, 0.15) is 11.5 Å². The number of nitrogens with one attached hydrogen (secondary N) is 1. The molecule has 1 aromatic heterocycles. The molecule has 2 amide bonds. The molecule has 2 heterocycles. The Morgan fingerprint density at radius 2 is 2.03 bits per heavy atom. The van der Waals surface area contributed by atoms with E-state index in [2.05, 4.69) is 10.3 Å². The Morgan fingerprint density at radius 3 is 2.76 bits per heavy atom. The first kappa shape index (κ1) is 19.7. The minimum atomic E-state index is -0.318. The van der Waals surface area contributed by atoms with Crippen LogP contribution in [0.3, 0.4) is 0 Å². The Hall–Kier alpha value is -2.61. The van der Waals surface area contributed by atoms with Crippen LogP contribution in [0, 0.1) is 5.92 Å². The highest BCUT2D eigenvalue weighted by Gasteiger charge is 2.38. The smallest absolute Gasteiger partial charge is 0.231 e. The number of carbonyl (C=O) groups excluding carboxylic acids is 2. The van der Waals surface area contributed by atoms with Crippen LogP contribution in [0.5, 0.6) is 11.5 Å². The van der Waals surface area contributed by atoms with Gasteiger partial charge >= 0.3 is 0 Å². The fourth-order valence-electron chi connectivity index (χ4n) is 4.15. The molecule has 1 atom stereocenters. The number of carbonyl (C=O) groups is 2. The molecule has 1 aromatic carbocycles. The van der Waals surface area contributed by atoms with Gasteiger partial charge in [0, 0.05) is 30.0 Å². The van der Waals surface area contributed by atoms with E-state index in [1.54, 1.807) is 14.2 Å². The van der Waals surface area contributed by atoms with Crippen LogP contribution in [0.4, 0.5) is 5.13 Å². The third kappa shape index (κ3) is 4.07. The number of aromatic nitrogens is 1. The van der Waals surface area contributed by atoms with E-state index >= 15 is 0 Å². The van der Waals surface area contributed by atoms with Gasteiger partial charge in [-0.2, -0.15) is 0 Å². The molecule has 1 saturated carbocycles. The molecule has 0 bridgehead atoms. The van der Waals surface area contributed by atoms with Crippen LogP contribution >= 0.6 is 11.3 Å². The Balaban J connectivity index is 1.44. The van der Waals surface area contributed by atoms with Gasteiger partial charge in [-0.05, 0) is 31.0 Å². The summed E-state index contributed by atoms with van der Waals surface area (Å²) < 4.78 is 10.7. The molecule has 1 saturated heterocycles. The minimum absolute atomic E-state index is 0.0954. The van der Waals surface area contributed by atoms with Gasteiger partial charge in [0.2, 0.25) is 11.8 Å². The molecule has 8 heteroatoms. The average molecular weight is 416 g/mol. The number of nitrogens with zero attached hydrogens (tertiary/aromatic N) is 2. The van der Waals surface area contributed by atoms with Gasteiger partial charge in [-0.25, -0.2) is 4.98 Å². The van der Waals surface area contributed by atoms with E-state index < -0.39 is 0 Å². The summed E-state index contributed by atoms with van der Waals surface area (Å²) in [6, 6.07) is 5.82. The third-order valence-corrected chi connectivity index (χ3v) is 6.47. The quantitative estimate of drug-likeness (QED) is 0.780. The summed E-state index contributed by atoms with van der Waals surface area (Å²) in [5.41, 5.74) is 1.50. The van der Waals surface area contributed by atoms with Gasteiger partial charge < -0.3 is 19.7 Å². The van der Waals surface area contributed by atoms with Gasteiger partial charge in [0.25, 0.3) is 0 Å². The Morgan fingerprint density at radius 1 is 1.24 bits per heavy atom. The topological polar surface area (TPSA) is 80.8 Å². The third-order valence-electron chi connectivity index (χ3n) is 5.71. The summed E-state index contributed by atoms with van der Waals surface area (Å²) >= 11 is 1.35. The van der Waals surface area contributed by atoms with E-state index in [1.807, 2.05) is 28.5 Å². The van der Waals surface area contributed by atoms with Crippen molar-refractivity contribution >= 4 is 28.3 Å². The number of hydrogen-bond donors (Lipinski definition) is 1. The van der Waals surface area contributed by atoms with Crippen LogP contribution in [0.2, 0.25) is 0 Å². The molecule has 2 aromatic rings. The second kappa shape index (κ2) is 8.41. The summed E-state index contributed by atoms with van der Waals surface area (Å²) in [6.07, 6.45) is 4.72. The van der Waals surface area contributed by atoms with Crippen molar-refractivity contribution in [1.29, 1.82) is 0 Å². The number of thiazole rings is 1. The molecule has 29 heavy (non-hydrogen) atoms. The largest absolute Gasteiger partial charge is 0.497 e. The van der Waals surface area contributed by atoms with E-state index in [1.165, 1.54) is 24.2 Å². The van der Waals surface area contributed by atoms with Crippen molar-refractivity contribution in [1.82, 2.24) is 9.88 Å². The van der Waals surface area contributed by atoms with E-state index in [0.717, 1.165) is 18.4 Å². The molecule has 4 rings (SSSR count). The second-order valence-corrected chi connectivity index (χ2v) is 8.34. The van der Waals surface area contributed by atoms with Crippen LogP contribution in [0.25, 0.3) is 11.3 Å². The van der Waals surface area contributed by atoms with E-state index in [-0.39, 0.29) is 24.2 Å². The summed E-state index contributed by atoms with van der Waals surface area (Å²) in [5.74, 6) is 1.02. The van der Waals surface area contributed by atoms with Gasteiger partial charge in [-0.3, -0.25) is 9.59 Å². The SMILES string of the molecule is COc1ccc(OC)c(-c2csc(NC(=O)[C@@H]3CC(=O)N(C4CCCC4)C3)n2)c1. The van der Waals surface area contributed by atoms with E-state index in [4.69, 9.17) is 9.47 Å². The average Bonchev–Trinajstić information content (AvgIpc) is 3.48. The van der Waals surface area contributed by atoms with Crippen LogP contribution in [-0.2, 0) is 9.59 Å². The second-order valence-electron chi connectivity index (χ2n) is 7.48. The van der Waals surface area contributed by atoms with Crippen LogP contribution in [0.15, 0.2) is 23.6 Å². The highest BCUT2D eigenvalue weighted by atomic mass is 32.1. The highest BCUT2D eigenvalue weighted by Crippen LogP contribution is 2.35. The molecule has 1 aliphatic carbocycles. The zero-order valence-electron chi connectivity index (χ0n) is 16.6. The number of anilines is 1. The van der Waals surface area contributed by atoms with Crippen molar-refractivity contribution in [3.05, 3.63) is 23.6 Å². The summed E-state index contributed by atoms with van der Waals surface area (Å²) in [6.45, 7) is 0.511. The van der Waals surface area contributed by atoms with Gasteiger partial charge in [-0.1, -0.05) is 12.8 Å². The molecule has 1 N–H and O–H groups in total. The molecule has 0 radical (unpaired) electrons. The zero-order valence-corrected chi connectivity index (χ0v) is 17.5. The summed E-state index contributed by atoms with van der Waals surface area (Å²) in [4.78, 5) is 31.5. The van der Waals surface area contributed by atoms with Crippen molar-refractivity contribution in [2.24, 2.45) is 5.92 Å². The fourth-order valence-corrected chi connectivity index (χ4v) is 4.87. The first-order chi connectivity index (χ1) is 14.1. The van der Waals surface area contributed by atoms with Gasteiger partial charge in [0.15, 0.2) is 5.13 Å². The lowest BCUT2D eigenvalue weighted by atomic mass is 10.1. The lowest BCUT2D eigenvalue weighted by Crippen LogP contribution is -2.35. The first-order valence-electron chi connectivity index (χ1n) is 9.87. The molecular formula is C21H25N3O4S. The molecular weight excluding hydrogens is 390 g/mol. The maximum Gasteiger partial charge on any atom is 0.231 e. The fraction of sp³-hybridized carbons (Fsp3) is 0.476. The molecule has 154 valence electrons. The maximum absolute atomic E-state index is 12.7. The molecule has 1 aliphatic heterocycles. The maximum atomic E-state index is 12.7. The minimum Gasteiger partial charge on any atom is -0.497 e. The number of amides is 2. The molecule has 2 fully saturated rings. The number of rotatable bonds is 6. The monoisotopic (exact) mass is 415 g/mol. The van der Waals surface area contributed by atoms with Crippen molar-refractivity contribution < 1.29 is 19.1 Å². The number of ether oxygens (including phenoxy) is 2. The highest BCUT2D eigenvalue weighted by molar-refractivity contribution is 7.14. The van der Waals surface area contributed by atoms with Crippen LogP contribution in [-0.4, -0.2) is 48.5 Å². The normalized spacial score (nSPS) is 19.6. The summed E-state index contributed by atoms with van der Waals surface area (Å²) in [5, 5.41) is 5.28. The van der Waals surface area contributed by atoms with Gasteiger partial charge in [0.05, 0.1) is 25.8 Å². The number of likely N-dealkylation sites (tertiary alicyclic amines) is 1. The van der Waals surface area contributed by atoms with E-state index in [0.29, 0.717) is 34.9 Å². The van der Waals surface area contributed by atoms with Crippen molar-refractivity contribution in [2.75, 3.05) is 26.1 Å². The molecule has 0 spiro atoms. The molecule has 7 nitrogen and oxygen atoms in total. The first-order valence-corrected chi connectivity index (χ1v) is 10.7. The standard InChI is InChI=1S/C21H25N3O4S/c1-27-15-7-8-18(28-2)16(10-15)17-12-29-21(22-17)23-20(26)13-9-19(25)24(11-13)14-5-3-4-6-14/h7-8,10,12-14H,3-6,9,11H2,1-2H3,(H,22,23,26)/t13-/m1/s1. The Kier molecular flexibility index (Phi) is 5.71. The predicted octanol–water partition coefficient (Wildman–Crippen LogP) is 3.56. The van der Waals surface area contributed by atoms with Crippen LogP contribution < -0.4 is 14.8 Å². The Bertz CT molecular complexity index is 907. The molecule has 0 unspecified atom stereocenters. The Labute approximate surface area is 174 Å².